The van der Waals surface area contributed by atoms with E-state index in [-0.39, 0.29) is 10.8 Å². The predicted molar refractivity (Wildman–Crippen MR) is 85.9 cm³/mol. The first kappa shape index (κ1) is 15.3. The van der Waals surface area contributed by atoms with Crippen molar-refractivity contribution in [1.82, 2.24) is 4.72 Å². The minimum absolute atomic E-state index is 0.118. The van der Waals surface area contributed by atoms with Crippen LogP contribution in [-0.4, -0.2) is 21.6 Å². The summed E-state index contributed by atoms with van der Waals surface area (Å²) in [5, 5.41) is 0.511. The van der Waals surface area contributed by atoms with Crippen molar-refractivity contribution in [3.63, 3.8) is 0 Å². The van der Waals surface area contributed by atoms with E-state index in [1.807, 2.05) is 24.3 Å². The van der Waals surface area contributed by atoms with Gasteiger partial charge in [-0.05, 0) is 42.3 Å². The van der Waals surface area contributed by atoms with Gasteiger partial charge in [-0.2, -0.15) is 0 Å². The van der Waals surface area contributed by atoms with Crippen LogP contribution in [0.1, 0.15) is 17.9 Å². The van der Waals surface area contributed by atoms with E-state index in [0.717, 1.165) is 17.7 Å². The van der Waals surface area contributed by atoms with E-state index in [1.165, 1.54) is 12.1 Å². The van der Waals surface area contributed by atoms with Crippen LogP contribution >= 0.6 is 11.6 Å². The van der Waals surface area contributed by atoms with E-state index in [1.54, 1.807) is 12.1 Å². The summed E-state index contributed by atoms with van der Waals surface area (Å²) in [6.07, 6.45) is 0.792. The maximum atomic E-state index is 12.3. The Labute approximate surface area is 135 Å². The molecule has 6 heteroatoms. The molecule has 0 amide bonds. The number of nitrogens with one attached hydrogen (secondary N) is 1. The third-order valence-corrected chi connectivity index (χ3v) is 5.42. The normalized spacial score (nSPS) is 17.6. The molecule has 0 aromatic heterocycles. The lowest BCUT2D eigenvalue weighted by molar-refractivity contribution is 0.267. The summed E-state index contributed by atoms with van der Waals surface area (Å²) >= 11 is 5.79. The van der Waals surface area contributed by atoms with E-state index >= 15 is 0 Å². The average molecular weight is 338 g/mol. The summed E-state index contributed by atoms with van der Waals surface area (Å²) in [7, 11) is -3.53. The van der Waals surface area contributed by atoms with E-state index in [9.17, 15) is 8.42 Å². The fourth-order valence-electron chi connectivity index (χ4n) is 2.54. The second kappa shape index (κ2) is 6.28. The molecule has 0 aliphatic carbocycles. The van der Waals surface area contributed by atoms with Crippen molar-refractivity contribution < 1.29 is 13.2 Å². The van der Waals surface area contributed by atoms with Crippen molar-refractivity contribution in [2.45, 2.75) is 17.2 Å². The van der Waals surface area contributed by atoms with E-state index in [4.69, 9.17) is 16.3 Å². The van der Waals surface area contributed by atoms with Gasteiger partial charge in [0.15, 0.2) is 0 Å². The standard InChI is InChI=1S/C16H16ClNO3S/c17-13-5-7-14(8-6-13)22(19,20)18-11-12-9-10-21-16-4-2-1-3-15(12)16/h1-8,12,18H,9-11H2. The minimum Gasteiger partial charge on any atom is -0.493 e. The second-order valence-electron chi connectivity index (χ2n) is 5.18. The zero-order chi connectivity index (χ0) is 15.6. The number of para-hydroxylation sites is 1. The number of halogens is 1. The van der Waals surface area contributed by atoms with E-state index in [2.05, 4.69) is 4.72 Å². The Balaban J connectivity index is 1.74. The van der Waals surface area contributed by atoms with Crippen LogP contribution in [0.4, 0.5) is 0 Å². The lowest BCUT2D eigenvalue weighted by Crippen LogP contribution is -2.30. The van der Waals surface area contributed by atoms with Gasteiger partial charge in [-0.3, -0.25) is 0 Å². The Bertz CT molecular complexity index is 759. The predicted octanol–water partition coefficient (Wildman–Crippen LogP) is 3.18. The number of fused-ring (bicyclic) bond motifs is 1. The lowest BCUT2D eigenvalue weighted by atomic mass is 9.93. The van der Waals surface area contributed by atoms with Crippen molar-refractivity contribution in [3.05, 3.63) is 59.1 Å². The number of sulfonamides is 1. The fraction of sp³-hybridized carbons (Fsp3) is 0.250. The van der Waals surface area contributed by atoms with Gasteiger partial charge in [-0.1, -0.05) is 29.8 Å². The zero-order valence-corrected chi connectivity index (χ0v) is 13.4. The molecule has 0 radical (unpaired) electrons. The molecule has 2 aromatic rings. The molecular weight excluding hydrogens is 322 g/mol. The first-order valence-corrected chi connectivity index (χ1v) is 8.89. The summed E-state index contributed by atoms with van der Waals surface area (Å²) in [6.45, 7) is 0.954. The maximum absolute atomic E-state index is 12.3. The van der Waals surface area contributed by atoms with Gasteiger partial charge in [-0.15, -0.1) is 0 Å². The molecule has 1 heterocycles. The molecule has 1 N–H and O–H groups in total. The number of hydrogen-bond donors (Lipinski definition) is 1. The third-order valence-electron chi connectivity index (χ3n) is 3.73. The highest BCUT2D eigenvalue weighted by molar-refractivity contribution is 7.89. The van der Waals surface area contributed by atoms with Crippen LogP contribution in [0.25, 0.3) is 0 Å². The summed E-state index contributed by atoms with van der Waals surface area (Å²) in [5.74, 6) is 0.955. The molecule has 0 saturated carbocycles. The van der Waals surface area contributed by atoms with Gasteiger partial charge in [0.25, 0.3) is 0 Å². The molecule has 4 nitrogen and oxygen atoms in total. The van der Waals surface area contributed by atoms with Gasteiger partial charge in [0.2, 0.25) is 10.0 Å². The van der Waals surface area contributed by atoms with Gasteiger partial charge in [0.1, 0.15) is 5.75 Å². The molecule has 116 valence electrons. The number of rotatable bonds is 4. The van der Waals surface area contributed by atoms with Gasteiger partial charge in [-0.25, -0.2) is 13.1 Å². The SMILES string of the molecule is O=S(=O)(NCC1CCOc2ccccc21)c1ccc(Cl)cc1. The second-order valence-corrected chi connectivity index (χ2v) is 7.38. The Kier molecular flexibility index (Phi) is 4.38. The van der Waals surface area contributed by atoms with Crippen LogP contribution in [-0.2, 0) is 10.0 Å². The van der Waals surface area contributed by atoms with Crippen LogP contribution in [0.2, 0.25) is 5.02 Å². The summed E-state index contributed by atoms with van der Waals surface area (Å²) in [6, 6.07) is 13.9. The monoisotopic (exact) mass is 337 g/mol. The Morgan fingerprint density at radius 3 is 2.64 bits per heavy atom. The highest BCUT2D eigenvalue weighted by Gasteiger charge is 2.23. The number of hydrogen-bond acceptors (Lipinski definition) is 3. The van der Waals surface area contributed by atoms with Gasteiger partial charge in [0.05, 0.1) is 11.5 Å². The molecule has 0 fully saturated rings. The van der Waals surface area contributed by atoms with Crippen molar-refractivity contribution in [2.24, 2.45) is 0 Å². The van der Waals surface area contributed by atoms with Crippen LogP contribution in [0.15, 0.2) is 53.4 Å². The molecule has 1 aliphatic heterocycles. The molecule has 3 rings (SSSR count). The van der Waals surface area contributed by atoms with Gasteiger partial charge >= 0.3 is 0 Å². The summed E-state index contributed by atoms with van der Waals surface area (Å²) < 4.78 is 32.9. The highest BCUT2D eigenvalue weighted by Crippen LogP contribution is 2.33. The smallest absolute Gasteiger partial charge is 0.240 e. The lowest BCUT2D eigenvalue weighted by Gasteiger charge is -2.25. The zero-order valence-electron chi connectivity index (χ0n) is 11.8. The van der Waals surface area contributed by atoms with Crippen LogP contribution in [0, 0.1) is 0 Å². The minimum atomic E-state index is -3.53. The number of ether oxygens (including phenoxy) is 1. The van der Waals surface area contributed by atoms with Crippen LogP contribution in [0.3, 0.4) is 0 Å². The van der Waals surface area contributed by atoms with E-state index < -0.39 is 10.0 Å². The molecule has 0 bridgehead atoms. The Hall–Kier alpha value is -1.56. The van der Waals surface area contributed by atoms with Gasteiger partial charge in [0, 0.05) is 17.5 Å². The fourth-order valence-corrected chi connectivity index (χ4v) is 3.74. The first-order valence-electron chi connectivity index (χ1n) is 7.03. The number of benzene rings is 2. The summed E-state index contributed by atoms with van der Waals surface area (Å²) in [5.41, 5.74) is 1.05. The largest absolute Gasteiger partial charge is 0.493 e. The molecule has 1 unspecified atom stereocenters. The molecular formula is C16H16ClNO3S. The van der Waals surface area contributed by atoms with Crippen molar-refractivity contribution in [3.8, 4) is 5.75 Å². The Morgan fingerprint density at radius 2 is 1.86 bits per heavy atom. The summed E-state index contributed by atoms with van der Waals surface area (Å²) in [4.78, 5) is 0.220. The quantitative estimate of drug-likeness (QED) is 0.932. The molecule has 0 saturated heterocycles. The third kappa shape index (κ3) is 3.27. The van der Waals surface area contributed by atoms with Crippen molar-refractivity contribution >= 4 is 21.6 Å². The highest BCUT2D eigenvalue weighted by atomic mass is 35.5. The maximum Gasteiger partial charge on any atom is 0.240 e. The molecule has 1 aliphatic rings. The van der Waals surface area contributed by atoms with E-state index in [0.29, 0.717) is 18.2 Å². The van der Waals surface area contributed by atoms with Crippen LogP contribution < -0.4 is 9.46 Å². The van der Waals surface area contributed by atoms with Gasteiger partial charge < -0.3 is 4.74 Å². The van der Waals surface area contributed by atoms with Crippen molar-refractivity contribution in [1.29, 1.82) is 0 Å². The average Bonchev–Trinajstić information content (AvgIpc) is 2.53. The molecule has 2 aromatic carbocycles. The molecule has 22 heavy (non-hydrogen) atoms. The van der Waals surface area contributed by atoms with Crippen molar-refractivity contribution in [2.75, 3.05) is 13.2 Å². The molecule has 1 atom stereocenters. The Morgan fingerprint density at radius 1 is 1.14 bits per heavy atom. The topological polar surface area (TPSA) is 55.4 Å². The van der Waals surface area contributed by atoms with Crippen LogP contribution in [0.5, 0.6) is 5.75 Å². The first-order chi connectivity index (χ1) is 10.6. The molecule has 0 spiro atoms.